The third kappa shape index (κ3) is 3.81. The van der Waals surface area contributed by atoms with Crippen LogP contribution in [0.4, 0.5) is 4.79 Å². The van der Waals surface area contributed by atoms with Crippen LogP contribution in [0, 0.1) is 0 Å². The van der Waals surface area contributed by atoms with Crippen LogP contribution in [-0.4, -0.2) is 41.4 Å². The summed E-state index contributed by atoms with van der Waals surface area (Å²) in [6.45, 7) is 8.03. The number of methoxy groups -OCH3 is 1. The van der Waals surface area contributed by atoms with Crippen LogP contribution in [0.15, 0.2) is 24.3 Å². The van der Waals surface area contributed by atoms with Crippen molar-refractivity contribution in [2.45, 2.75) is 57.8 Å². The van der Waals surface area contributed by atoms with Gasteiger partial charge in [-0.1, -0.05) is 0 Å². The maximum atomic E-state index is 12.4. The van der Waals surface area contributed by atoms with E-state index in [0.717, 1.165) is 20.7 Å². The van der Waals surface area contributed by atoms with Crippen LogP contribution < -0.4 is 4.74 Å². The van der Waals surface area contributed by atoms with Crippen molar-refractivity contribution in [2.75, 3.05) is 13.7 Å². The molecular weight excluding hydrogens is 350 g/mol. The van der Waals surface area contributed by atoms with Gasteiger partial charge in [-0.3, -0.25) is 0 Å². The number of aliphatic hydroxyl groups is 1. The molecule has 0 unspecified atom stereocenters. The summed E-state index contributed by atoms with van der Waals surface area (Å²) in [4.78, 5) is 15.1. The van der Waals surface area contributed by atoms with Crippen LogP contribution in [-0.2, 0) is 10.3 Å². The highest BCUT2D eigenvalue weighted by atomic mass is 32.1. The summed E-state index contributed by atoms with van der Waals surface area (Å²) < 4.78 is 11.9. The van der Waals surface area contributed by atoms with Crippen LogP contribution in [0.25, 0.3) is 10.1 Å². The molecular formula is C20H27NO4S. The monoisotopic (exact) mass is 377 g/mol. The largest absolute Gasteiger partial charge is 0.497 e. The number of carbonyl (C=O) groups is 1. The Morgan fingerprint density at radius 1 is 1.35 bits per heavy atom. The van der Waals surface area contributed by atoms with Crippen molar-refractivity contribution in [1.29, 1.82) is 0 Å². The SMILES string of the molecule is COc1ccc2cc([C@]3(O)CCN(C(=O)OC(C)(C)C)[C@H](C)C3)sc2c1. The van der Waals surface area contributed by atoms with Gasteiger partial charge < -0.3 is 19.5 Å². The second-order valence-electron chi connectivity index (χ2n) is 8.02. The zero-order valence-corrected chi connectivity index (χ0v) is 16.9. The van der Waals surface area contributed by atoms with E-state index < -0.39 is 11.2 Å². The van der Waals surface area contributed by atoms with Gasteiger partial charge in [0.15, 0.2) is 0 Å². The molecule has 1 N–H and O–H groups in total. The van der Waals surface area contributed by atoms with E-state index in [-0.39, 0.29) is 12.1 Å². The molecule has 0 aliphatic carbocycles. The fourth-order valence-electron chi connectivity index (χ4n) is 3.41. The molecule has 5 nitrogen and oxygen atoms in total. The topological polar surface area (TPSA) is 59.0 Å². The summed E-state index contributed by atoms with van der Waals surface area (Å²) in [5.74, 6) is 0.811. The van der Waals surface area contributed by atoms with Gasteiger partial charge in [0.25, 0.3) is 0 Å². The van der Waals surface area contributed by atoms with E-state index in [9.17, 15) is 9.90 Å². The van der Waals surface area contributed by atoms with Crippen molar-refractivity contribution in [3.63, 3.8) is 0 Å². The first kappa shape index (κ1) is 19.0. The highest BCUT2D eigenvalue weighted by molar-refractivity contribution is 7.19. The van der Waals surface area contributed by atoms with Gasteiger partial charge in [0.05, 0.1) is 7.11 Å². The molecule has 142 valence electrons. The molecule has 1 aromatic carbocycles. The number of thiophene rings is 1. The standard InChI is InChI=1S/C20H27NO4S/c1-13-12-20(23,8-9-21(13)18(22)25-19(2,3)4)17-10-14-6-7-15(24-5)11-16(14)26-17/h6-7,10-11,13,23H,8-9,12H2,1-5H3/t13-,20+/m1/s1. The summed E-state index contributed by atoms with van der Waals surface area (Å²) in [5.41, 5.74) is -1.44. The van der Waals surface area contributed by atoms with Crippen LogP contribution in [0.5, 0.6) is 5.75 Å². The lowest BCUT2D eigenvalue weighted by molar-refractivity contribution is -0.0525. The van der Waals surface area contributed by atoms with E-state index in [0.29, 0.717) is 19.4 Å². The normalized spacial score (nSPS) is 23.9. The summed E-state index contributed by atoms with van der Waals surface area (Å²) in [5, 5.41) is 12.4. The minimum absolute atomic E-state index is 0.0941. The van der Waals surface area contributed by atoms with Gasteiger partial charge in [0, 0.05) is 28.6 Å². The molecule has 0 saturated carbocycles. The molecule has 0 spiro atoms. The fourth-order valence-corrected chi connectivity index (χ4v) is 4.63. The Bertz CT molecular complexity index is 810. The fraction of sp³-hybridized carbons (Fsp3) is 0.550. The average Bonchev–Trinajstić information content (AvgIpc) is 2.96. The number of ether oxygens (including phenoxy) is 2. The predicted molar refractivity (Wildman–Crippen MR) is 104 cm³/mol. The number of fused-ring (bicyclic) bond motifs is 1. The predicted octanol–water partition coefficient (Wildman–Crippen LogP) is 4.52. The summed E-state index contributed by atoms with van der Waals surface area (Å²) in [6, 6.07) is 7.89. The van der Waals surface area contributed by atoms with Gasteiger partial charge in [-0.05, 0) is 63.8 Å². The molecule has 2 atom stereocenters. The van der Waals surface area contributed by atoms with E-state index in [4.69, 9.17) is 9.47 Å². The Balaban J connectivity index is 1.79. The first-order valence-electron chi connectivity index (χ1n) is 8.91. The molecule has 1 amide bonds. The molecule has 2 heterocycles. The molecule has 6 heteroatoms. The van der Waals surface area contributed by atoms with E-state index in [1.807, 2.05) is 45.9 Å². The first-order chi connectivity index (χ1) is 12.1. The van der Waals surface area contributed by atoms with Crippen molar-refractivity contribution >= 4 is 27.5 Å². The van der Waals surface area contributed by atoms with E-state index in [1.165, 1.54) is 0 Å². The highest BCUT2D eigenvalue weighted by Crippen LogP contribution is 2.42. The summed E-state index contributed by atoms with van der Waals surface area (Å²) in [6.07, 6.45) is 0.685. The molecule has 26 heavy (non-hydrogen) atoms. The number of nitrogens with zero attached hydrogens (tertiary/aromatic N) is 1. The molecule has 1 saturated heterocycles. The number of hydrogen-bond donors (Lipinski definition) is 1. The average molecular weight is 378 g/mol. The Morgan fingerprint density at radius 3 is 2.69 bits per heavy atom. The van der Waals surface area contributed by atoms with Crippen LogP contribution >= 0.6 is 11.3 Å². The Kier molecular flexibility index (Phi) is 4.92. The smallest absolute Gasteiger partial charge is 0.410 e. The number of carbonyl (C=O) groups excluding carboxylic acids is 1. The lowest BCUT2D eigenvalue weighted by Gasteiger charge is -2.42. The Hall–Kier alpha value is -1.79. The minimum Gasteiger partial charge on any atom is -0.497 e. The number of rotatable bonds is 2. The summed E-state index contributed by atoms with van der Waals surface area (Å²) in [7, 11) is 1.65. The molecule has 3 rings (SSSR count). The third-order valence-electron chi connectivity index (χ3n) is 4.75. The minimum atomic E-state index is -0.922. The quantitative estimate of drug-likeness (QED) is 0.836. The molecule has 2 aromatic rings. The highest BCUT2D eigenvalue weighted by Gasteiger charge is 2.41. The van der Waals surface area contributed by atoms with Crippen molar-refractivity contribution < 1.29 is 19.4 Å². The van der Waals surface area contributed by atoms with Gasteiger partial charge in [-0.15, -0.1) is 11.3 Å². The number of likely N-dealkylation sites (tertiary alicyclic amines) is 1. The maximum Gasteiger partial charge on any atom is 0.410 e. The van der Waals surface area contributed by atoms with Gasteiger partial charge >= 0.3 is 6.09 Å². The molecule has 1 aliphatic rings. The number of benzene rings is 1. The van der Waals surface area contributed by atoms with Crippen LogP contribution in [0.2, 0.25) is 0 Å². The second kappa shape index (κ2) is 6.74. The molecule has 1 fully saturated rings. The van der Waals surface area contributed by atoms with Gasteiger partial charge in [0.2, 0.25) is 0 Å². The number of amides is 1. The second-order valence-corrected chi connectivity index (χ2v) is 9.11. The maximum absolute atomic E-state index is 12.4. The summed E-state index contributed by atoms with van der Waals surface area (Å²) >= 11 is 1.59. The Morgan fingerprint density at radius 2 is 2.08 bits per heavy atom. The van der Waals surface area contributed by atoms with Crippen molar-refractivity contribution in [1.82, 2.24) is 4.90 Å². The number of hydrogen-bond acceptors (Lipinski definition) is 5. The van der Waals surface area contributed by atoms with Gasteiger partial charge in [-0.2, -0.15) is 0 Å². The zero-order chi connectivity index (χ0) is 19.1. The molecule has 1 aliphatic heterocycles. The van der Waals surface area contributed by atoms with Crippen LogP contribution in [0.3, 0.4) is 0 Å². The zero-order valence-electron chi connectivity index (χ0n) is 16.0. The lowest BCUT2D eigenvalue weighted by Crippen LogP contribution is -2.51. The Labute approximate surface area is 158 Å². The molecule has 0 radical (unpaired) electrons. The first-order valence-corrected chi connectivity index (χ1v) is 9.73. The van der Waals surface area contributed by atoms with Gasteiger partial charge in [-0.25, -0.2) is 4.79 Å². The third-order valence-corrected chi connectivity index (χ3v) is 6.04. The van der Waals surface area contributed by atoms with Crippen molar-refractivity contribution in [3.05, 3.63) is 29.1 Å². The van der Waals surface area contributed by atoms with Crippen molar-refractivity contribution in [2.24, 2.45) is 0 Å². The molecule has 1 aromatic heterocycles. The van der Waals surface area contributed by atoms with Crippen molar-refractivity contribution in [3.8, 4) is 5.75 Å². The molecule has 0 bridgehead atoms. The number of piperidine rings is 1. The van der Waals surface area contributed by atoms with E-state index >= 15 is 0 Å². The van der Waals surface area contributed by atoms with Crippen LogP contribution in [0.1, 0.15) is 45.4 Å². The van der Waals surface area contributed by atoms with E-state index in [1.54, 1.807) is 23.3 Å². The van der Waals surface area contributed by atoms with E-state index in [2.05, 4.69) is 6.07 Å². The van der Waals surface area contributed by atoms with Gasteiger partial charge in [0.1, 0.15) is 17.0 Å². The lowest BCUT2D eigenvalue weighted by atomic mass is 9.85.